The van der Waals surface area contributed by atoms with Gasteiger partial charge in [0.2, 0.25) is 0 Å². The number of hydrogen-bond acceptors (Lipinski definition) is 3. The molecular weight excluding hydrogens is 448 g/mol. The third kappa shape index (κ3) is 3.34. The Kier molecular flexibility index (Phi) is 5.41. The van der Waals surface area contributed by atoms with E-state index in [-0.39, 0.29) is 18.0 Å². The number of carbonyl (C=O) groups is 1. The zero-order valence-electron chi connectivity index (χ0n) is 20.6. The van der Waals surface area contributed by atoms with E-state index in [0.29, 0.717) is 17.1 Å². The van der Waals surface area contributed by atoms with E-state index in [9.17, 15) is 4.79 Å². The Morgan fingerprint density at radius 2 is 1.39 bits per heavy atom. The van der Waals surface area contributed by atoms with Crippen LogP contribution in [0, 0.1) is 0 Å². The Bertz CT molecular complexity index is 1550. The van der Waals surface area contributed by atoms with Crippen molar-refractivity contribution in [2.24, 2.45) is 0 Å². The van der Waals surface area contributed by atoms with E-state index in [1.54, 1.807) is 32.4 Å². The third-order valence-electron chi connectivity index (χ3n) is 7.34. The van der Waals surface area contributed by atoms with Gasteiger partial charge in [0.25, 0.3) is 5.91 Å². The van der Waals surface area contributed by atoms with Crippen LogP contribution in [0.2, 0.25) is 0 Å². The molecule has 0 bridgehead atoms. The van der Waals surface area contributed by atoms with Crippen molar-refractivity contribution >= 4 is 33.4 Å². The fourth-order valence-corrected chi connectivity index (χ4v) is 5.73. The van der Waals surface area contributed by atoms with Crippen LogP contribution in [-0.4, -0.2) is 30.7 Å². The van der Waals surface area contributed by atoms with Crippen LogP contribution in [0.15, 0.2) is 91.0 Å². The molecule has 0 saturated heterocycles. The molecule has 0 fully saturated rings. The van der Waals surface area contributed by atoms with E-state index >= 15 is 0 Å². The van der Waals surface area contributed by atoms with Crippen LogP contribution >= 0.6 is 0 Å². The molecule has 1 aliphatic heterocycles. The summed E-state index contributed by atoms with van der Waals surface area (Å²) in [5.41, 5.74) is 5.10. The largest absolute Gasteiger partial charge is 0.493 e. The summed E-state index contributed by atoms with van der Waals surface area (Å²) in [5, 5.41) is 2.50. The first-order valence-corrected chi connectivity index (χ1v) is 12.2. The van der Waals surface area contributed by atoms with Gasteiger partial charge in [0.15, 0.2) is 11.5 Å². The highest BCUT2D eigenvalue weighted by Gasteiger charge is 2.36. The summed E-state index contributed by atoms with van der Waals surface area (Å²) in [7, 11) is 3.18. The maximum atomic E-state index is 13.9. The standard InChI is InChI=1S/C31H28N2O3/c1-20-18-28(33-25-13-7-4-10-22(25)23-11-5-8-14-26(23)33)24-12-6-9-15-27(24)32(20)31(34)21-16-17-29(35-2)30(19-21)36-3/h4-17,19-20,28H,18H2,1-3H3. The molecule has 0 aliphatic carbocycles. The Hall–Kier alpha value is -4.25. The highest BCUT2D eigenvalue weighted by atomic mass is 16.5. The van der Waals surface area contributed by atoms with Crippen molar-refractivity contribution in [1.29, 1.82) is 0 Å². The molecule has 36 heavy (non-hydrogen) atoms. The van der Waals surface area contributed by atoms with Gasteiger partial charge in [-0.2, -0.15) is 0 Å². The molecule has 1 aromatic heterocycles. The summed E-state index contributed by atoms with van der Waals surface area (Å²) in [6.07, 6.45) is 0.804. The number of hydrogen-bond donors (Lipinski definition) is 0. The van der Waals surface area contributed by atoms with E-state index in [1.807, 2.05) is 11.0 Å². The maximum Gasteiger partial charge on any atom is 0.258 e. The predicted octanol–water partition coefficient (Wildman–Crippen LogP) is 6.84. The van der Waals surface area contributed by atoms with Crippen molar-refractivity contribution in [2.75, 3.05) is 19.1 Å². The number of amides is 1. The van der Waals surface area contributed by atoms with Gasteiger partial charge in [-0.3, -0.25) is 4.79 Å². The van der Waals surface area contributed by atoms with Gasteiger partial charge in [0.05, 0.1) is 20.3 Å². The first kappa shape index (κ1) is 22.2. The number of para-hydroxylation sites is 3. The Balaban J connectivity index is 1.49. The summed E-state index contributed by atoms with van der Waals surface area (Å²) in [4.78, 5) is 15.8. The number of aromatic nitrogens is 1. The van der Waals surface area contributed by atoms with Crippen LogP contribution in [0.3, 0.4) is 0 Å². The van der Waals surface area contributed by atoms with Gasteiger partial charge in [0.1, 0.15) is 0 Å². The van der Waals surface area contributed by atoms with E-state index in [1.165, 1.54) is 21.8 Å². The average Bonchev–Trinajstić information content (AvgIpc) is 3.26. The van der Waals surface area contributed by atoms with Crippen LogP contribution in [-0.2, 0) is 0 Å². The second kappa shape index (κ2) is 8.76. The molecule has 2 heterocycles. The summed E-state index contributed by atoms with van der Waals surface area (Å²) < 4.78 is 13.3. The quantitative estimate of drug-likeness (QED) is 0.285. The van der Waals surface area contributed by atoms with Crippen LogP contribution in [0.25, 0.3) is 21.8 Å². The summed E-state index contributed by atoms with van der Waals surface area (Å²) in [5.74, 6) is 1.11. The lowest BCUT2D eigenvalue weighted by Gasteiger charge is -2.40. The lowest BCUT2D eigenvalue weighted by Crippen LogP contribution is -2.44. The second-order valence-electron chi connectivity index (χ2n) is 9.31. The molecule has 5 nitrogen and oxygen atoms in total. The van der Waals surface area contributed by atoms with Crippen molar-refractivity contribution in [3.8, 4) is 11.5 Å². The fourth-order valence-electron chi connectivity index (χ4n) is 5.73. The summed E-state index contributed by atoms with van der Waals surface area (Å²) in [6, 6.07) is 30.9. The van der Waals surface area contributed by atoms with Gasteiger partial charge >= 0.3 is 0 Å². The number of ether oxygens (including phenoxy) is 2. The Morgan fingerprint density at radius 3 is 2.06 bits per heavy atom. The average molecular weight is 477 g/mol. The minimum Gasteiger partial charge on any atom is -0.493 e. The molecule has 2 atom stereocenters. The van der Waals surface area contributed by atoms with E-state index in [4.69, 9.17) is 9.47 Å². The summed E-state index contributed by atoms with van der Waals surface area (Å²) in [6.45, 7) is 2.13. The zero-order chi connectivity index (χ0) is 24.8. The third-order valence-corrected chi connectivity index (χ3v) is 7.34. The number of anilines is 1. The molecule has 0 radical (unpaired) electrons. The highest BCUT2D eigenvalue weighted by molar-refractivity contribution is 6.09. The van der Waals surface area contributed by atoms with Crippen LogP contribution in [0.5, 0.6) is 11.5 Å². The lowest BCUT2D eigenvalue weighted by molar-refractivity contribution is 0.0972. The predicted molar refractivity (Wildman–Crippen MR) is 144 cm³/mol. The Labute approximate surface area is 210 Å². The number of carbonyl (C=O) groups excluding carboxylic acids is 1. The zero-order valence-corrected chi connectivity index (χ0v) is 20.6. The van der Waals surface area contributed by atoms with Gasteiger partial charge < -0.3 is 18.9 Å². The molecule has 0 N–H and O–H groups in total. The molecule has 1 amide bonds. The number of fused-ring (bicyclic) bond motifs is 4. The van der Waals surface area contributed by atoms with Gasteiger partial charge in [-0.1, -0.05) is 54.6 Å². The maximum absolute atomic E-state index is 13.9. The first-order chi connectivity index (χ1) is 17.6. The van der Waals surface area contributed by atoms with Crippen LogP contribution in [0.1, 0.15) is 35.3 Å². The molecule has 2 unspecified atom stereocenters. The van der Waals surface area contributed by atoms with Gasteiger partial charge in [-0.15, -0.1) is 0 Å². The first-order valence-electron chi connectivity index (χ1n) is 12.2. The molecule has 6 rings (SSSR count). The van der Waals surface area contributed by atoms with E-state index < -0.39 is 0 Å². The van der Waals surface area contributed by atoms with Gasteiger partial charge in [0, 0.05) is 39.1 Å². The molecule has 4 aromatic carbocycles. The molecule has 0 saturated carbocycles. The van der Waals surface area contributed by atoms with Crippen molar-refractivity contribution in [1.82, 2.24) is 4.57 Å². The summed E-state index contributed by atoms with van der Waals surface area (Å²) >= 11 is 0. The number of rotatable bonds is 4. The normalized spacial score (nSPS) is 17.2. The minimum absolute atomic E-state index is 0.00887. The monoisotopic (exact) mass is 476 g/mol. The minimum atomic E-state index is -0.0448. The van der Waals surface area contributed by atoms with E-state index in [0.717, 1.165) is 17.7 Å². The van der Waals surface area contributed by atoms with Gasteiger partial charge in [-0.05, 0) is 55.3 Å². The highest BCUT2D eigenvalue weighted by Crippen LogP contribution is 2.44. The molecular formula is C31H28N2O3. The van der Waals surface area contributed by atoms with Crippen molar-refractivity contribution in [3.63, 3.8) is 0 Å². The van der Waals surface area contributed by atoms with Gasteiger partial charge in [-0.25, -0.2) is 0 Å². The molecule has 5 heteroatoms. The lowest BCUT2D eigenvalue weighted by atomic mass is 9.90. The van der Waals surface area contributed by atoms with Crippen LogP contribution < -0.4 is 14.4 Å². The number of nitrogens with zero attached hydrogens (tertiary/aromatic N) is 2. The number of methoxy groups -OCH3 is 2. The SMILES string of the molecule is COc1ccc(C(=O)N2c3ccccc3C(n3c4ccccc4c4ccccc43)CC2C)cc1OC. The van der Waals surface area contributed by atoms with Crippen molar-refractivity contribution in [2.45, 2.75) is 25.4 Å². The number of benzene rings is 4. The molecule has 180 valence electrons. The Morgan fingerprint density at radius 1 is 0.778 bits per heavy atom. The smallest absolute Gasteiger partial charge is 0.258 e. The molecule has 0 spiro atoms. The van der Waals surface area contributed by atoms with Crippen LogP contribution in [0.4, 0.5) is 5.69 Å². The van der Waals surface area contributed by atoms with Crippen molar-refractivity contribution < 1.29 is 14.3 Å². The second-order valence-corrected chi connectivity index (χ2v) is 9.31. The fraction of sp³-hybridized carbons (Fsp3) is 0.194. The molecule has 5 aromatic rings. The molecule has 1 aliphatic rings. The topological polar surface area (TPSA) is 43.7 Å². The van der Waals surface area contributed by atoms with E-state index in [2.05, 4.69) is 78.2 Å². The van der Waals surface area contributed by atoms with Crippen molar-refractivity contribution in [3.05, 3.63) is 102 Å².